The number of benzene rings is 1. The van der Waals surface area contributed by atoms with Gasteiger partial charge in [-0.15, -0.1) is 0 Å². The van der Waals surface area contributed by atoms with Crippen molar-refractivity contribution in [3.05, 3.63) is 59.4 Å². The molecule has 0 radical (unpaired) electrons. The summed E-state index contributed by atoms with van der Waals surface area (Å²) in [5.74, 6) is 0.302. The average Bonchev–Trinajstić information content (AvgIpc) is 2.92. The van der Waals surface area contributed by atoms with Crippen molar-refractivity contribution in [2.45, 2.75) is 13.5 Å². The summed E-state index contributed by atoms with van der Waals surface area (Å²) in [6, 6.07) is 13.7. The lowest BCUT2D eigenvalue weighted by Gasteiger charge is -2.28. The minimum Gasteiger partial charge on any atom is -0.370 e. The first-order valence-electron chi connectivity index (χ1n) is 8.16. The standard InChI is InChI=1S/C19H19N5O/c1-12-7-6-10-16(20-12)21-19(25)17-14-11-23(2)15-9-5-4-8-13(15)18(14)24(3)22-17/h4-10H,11H2,1-3H3,(H,20,21,25). The SMILES string of the molecule is Cc1cccc(NC(=O)c2nn(C)c3c2CN(C)c2ccccc2-3)n1. The number of rotatable bonds is 2. The highest BCUT2D eigenvalue weighted by atomic mass is 16.2. The number of aromatic nitrogens is 3. The molecular formula is C19H19N5O. The number of carbonyl (C=O) groups excluding carboxylic acids is 1. The zero-order valence-electron chi connectivity index (χ0n) is 14.4. The molecule has 1 aliphatic rings. The lowest BCUT2D eigenvalue weighted by Crippen LogP contribution is -2.24. The van der Waals surface area contributed by atoms with Crippen molar-refractivity contribution >= 4 is 17.4 Å². The molecule has 6 nitrogen and oxygen atoms in total. The molecule has 0 saturated heterocycles. The van der Waals surface area contributed by atoms with Crippen molar-refractivity contribution in [2.24, 2.45) is 7.05 Å². The first kappa shape index (κ1) is 15.4. The van der Waals surface area contributed by atoms with Crippen LogP contribution in [0.25, 0.3) is 11.3 Å². The van der Waals surface area contributed by atoms with Gasteiger partial charge in [0.15, 0.2) is 5.69 Å². The van der Waals surface area contributed by atoms with Gasteiger partial charge >= 0.3 is 0 Å². The minimum absolute atomic E-state index is 0.234. The fourth-order valence-corrected chi connectivity index (χ4v) is 3.35. The van der Waals surface area contributed by atoms with E-state index >= 15 is 0 Å². The fraction of sp³-hybridized carbons (Fsp3) is 0.211. The topological polar surface area (TPSA) is 63.1 Å². The number of carbonyl (C=O) groups is 1. The maximum atomic E-state index is 12.8. The Kier molecular flexibility index (Phi) is 3.53. The molecule has 0 spiro atoms. The summed E-state index contributed by atoms with van der Waals surface area (Å²) in [4.78, 5) is 19.3. The summed E-state index contributed by atoms with van der Waals surface area (Å²) in [5, 5.41) is 7.35. The molecule has 1 aliphatic heterocycles. The van der Waals surface area contributed by atoms with Gasteiger partial charge in [0.1, 0.15) is 5.82 Å². The van der Waals surface area contributed by atoms with Crippen LogP contribution >= 0.6 is 0 Å². The van der Waals surface area contributed by atoms with Crippen LogP contribution in [-0.2, 0) is 13.6 Å². The van der Waals surface area contributed by atoms with Crippen molar-refractivity contribution < 1.29 is 4.79 Å². The lowest BCUT2D eigenvalue weighted by atomic mass is 9.98. The molecule has 2 aromatic heterocycles. The zero-order valence-corrected chi connectivity index (χ0v) is 14.4. The van der Waals surface area contributed by atoms with E-state index in [1.165, 1.54) is 0 Å². The van der Waals surface area contributed by atoms with E-state index < -0.39 is 0 Å². The van der Waals surface area contributed by atoms with Crippen LogP contribution < -0.4 is 10.2 Å². The summed E-state index contributed by atoms with van der Waals surface area (Å²) >= 11 is 0. The highest BCUT2D eigenvalue weighted by molar-refractivity contribution is 6.05. The number of amides is 1. The summed E-state index contributed by atoms with van der Waals surface area (Å²) in [5.41, 5.74) is 5.47. The molecule has 3 heterocycles. The van der Waals surface area contributed by atoms with Crippen LogP contribution in [0.2, 0.25) is 0 Å². The van der Waals surface area contributed by atoms with E-state index in [1.807, 2.05) is 45.3 Å². The molecule has 25 heavy (non-hydrogen) atoms. The summed E-state index contributed by atoms with van der Waals surface area (Å²) in [6.07, 6.45) is 0. The van der Waals surface area contributed by atoms with Crippen molar-refractivity contribution in [3.8, 4) is 11.3 Å². The third kappa shape index (κ3) is 2.55. The van der Waals surface area contributed by atoms with Gasteiger partial charge < -0.3 is 10.2 Å². The van der Waals surface area contributed by atoms with E-state index in [0.717, 1.165) is 28.2 Å². The number of hydrogen-bond donors (Lipinski definition) is 1. The Morgan fingerprint density at radius 1 is 1.12 bits per heavy atom. The Morgan fingerprint density at radius 2 is 1.92 bits per heavy atom. The quantitative estimate of drug-likeness (QED) is 0.783. The highest BCUT2D eigenvalue weighted by Crippen LogP contribution is 2.39. The van der Waals surface area contributed by atoms with Crippen LogP contribution in [0.5, 0.6) is 0 Å². The van der Waals surface area contributed by atoms with Gasteiger partial charge in [0.25, 0.3) is 5.91 Å². The maximum absolute atomic E-state index is 12.8. The Morgan fingerprint density at radius 3 is 2.72 bits per heavy atom. The smallest absolute Gasteiger partial charge is 0.277 e. The summed E-state index contributed by atoms with van der Waals surface area (Å²) in [6.45, 7) is 2.54. The Labute approximate surface area is 146 Å². The number of nitrogens with one attached hydrogen (secondary N) is 1. The van der Waals surface area contributed by atoms with Gasteiger partial charge in [-0.3, -0.25) is 9.48 Å². The van der Waals surface area contributed by atoms with Gasteiger partial charge in [-0.1, -0.05) is 24.3 Å². The molecule has 126 valence electrons. The van der Waals surface area contributed by atoms with Gasteiger partial charge in [-0.25, -0.2) is 4.98 Å². The van der Waals surface area contributed by atoms with E-state index in [1.54, 1.807) is 10.7 Å². The number of hydrogen-bond acceptors (Lipinski definition) is 4. The second kappa shape index (κ2) is 5.73. The molecule has 1 amide bonds. The van der Waals surface area contributed by atoms with Crippen molar-refractivity contribution in [1.29, 1.82) is 0 Å². The normalized spacial score (nSPS) is 12.5. The van der Waals surface area contributed by atoms with Gasteiger partial charge in [0, 0.05) is 43.1 Å². The molecular weight excluding hydrogens is 314 g/mol. The van der Waals surface area contributed by atoms with Crippen LogP contribution in [0.15, 0.2) is 42.5 Å². The summed E-state index contributed by atoms with van der Waals surface area (Å²) < 4.78 is 1.79. The van der Waals surface area contributed by atoms with Gasteiger partial charge in [-0.2, -0.15) is 5.10 Å². The zero-order chi connectivity index (χ0) is 17.6. The second-order valence-electron chi connectivity index (χ2n) is 6.29. The fourth-order valence-electron chi connectivity index (χ4n) is 3.35. The first-order chi connectivity index (χ1) is 12.0. The molecule has 0 fully saturated rings. The number of pyridine rings is 1. The Bertz CT molecular complexity index is 976. The maximum Gasteiger partial charge on any atom is 0.277 e. The van der Waals surface area contributed by atoms with E-state index in [0.29, 0.717) is 18.1 Å². The Balaban J connectivity index is 1.75. The number of para-hydroxylation sites is 1. The van der Waals surface area contributed by atoms with Crippen molar-refractivity contribution in [2.75, 3.05) is 17.3 Å². The monoisotopic (exact) mass is 333 g/mol. The molecule has 0 unspecified atom stereocenters. The molecule has 3 aromatic rings. The lowest BCUT2D eigenvalue weighted by molar-refractivity contribution is 0.102. The van der Waals surface area contributed by atoms with E-state index in [4.69, 9.17) is 0 Å². The largest absolute Gasteiger partial charge is 0.370 e. The van der Waals surface area contributed by atoms with Gasteiger partial charge in [0.05, 0.1) is 5.69 Å². The molecule has 4 rings (SSSR count). The third-order valence-corrected chi connectivity index (χ3v) is 4.46. The minimum atomic E-state index is -0.234. The van der Waals surface area contributed by atoms with Crippen LogP contribution in [-0.4, -0.2) is 27.7 Å². The molecule has 1 N–H and O–H groups in total. The molecule has 0 aliphatic carbocycles. The van der Waals surface area contributed by atoms with E-state index in [-0.39, 0.29) is 5.91 Å². The number of anilines is 2. The molecule has 0 saturated carbocycles. The molecule has 0 atom stereocenters. The van der Waals surface area contributed by atoms with Gasteiger partial charge in [0.2, 0.25) is 0 Å². The van der Waals surface area contributed by atoms with Crippen LogP contribution in [0.1, 0.15) is 21.7 Å². The van der Waals surface area contributed by atoms with Crippen LogP contribution in [0.4, 0.5) is 11.5 Å². The second-order valence-corrected chi connectivity index (χ2v) is 6.29. The predicted octanol–water partition coefficient (Wildman–Crippen LogP) is 2.99. The Hall–Kier alpha value is -3.15. The summed E-state index contributed by atoms with van der Waals surface area (Å²) in [7, 11) is 3.90. The molecule has 6 heteroatoms. The first-order valence-corrected chi connectivity index (χ1v) is 8.16. The number of aryl methyl sites for hydroxylation is 2. The van der Waals surface area contributed by atoms with Crippen LogP contribution in [0.3, 0.4) is 0 Å². The van der Waals surface area contributed by atoms with Gasteiger partial charge in [-0.05, 0) is 25.1 Å². The highest BCUT2D eigenvalue weighted by Gasteiger charge is 2.29. The van der Waals surface area contributed by atoms with Crippen molar-refractivity contribution in [3.63, 3.8) is 0 Å². The van der Waals surface area contributed by atoms with Crippen molar-refractivity contribution in [1.82, 2.24) is 14.8 Å². The molecule has 1 aromatic carbocycles. The predicted molar refractivity (Wildman–Crippen MR) is 97.7 cm³/mol. The number of fused-ring (bicyclic) bond motifs is 3. The van der Waals surface area contributed by atoms with Crippen LogP contribution in [0, 0.1) is 6.92 Å². The molecule has 0 bridgehead atoms. The number of nitrogens with zero attached hydrogens (tertiary/aromatic N) is 4. The third-order valence-electron chi connectivity index (χ3n) is 4.46. The average molecular weight is 333 g/mol. The van der Waals surface area contributed by atoms with E-state index in [2.05, 4.69) is 32.4 Å². The van der Waals surface area contributed by atoms with E-state index in [9.17, 15) is 4.79 Å².